The number of hydrogen-bond acceptors (Lipinski definition) is 5. The lowest BCUT2D eigenvalue weighted by atomic mass is 10.2. The van der Waals surface area contributed by atoms with Crippen LogP contribution in [0.25, 0.3) is 0 Å². The molecular formula is C12H19N5. The van der Waals surface area contributed by atoms with Crippen molar-refractivity contribution in [1.82, 2.24) is 14.9 Å². The van der Waals surface area contributed by atoms with Crippen molar-refractivity contribution in [1.29, 1.82) is 5.26 Å². The van der Waals surface area contributed by atoms with Crippen molar-refractivity contribution in [3.8, 4) is 6.07 Å². The largest absolute Gasteiger partial charge is 0.352 e. The minimum absolute atomic E-state index is 0.352. The zero-order valence-corrected chi connectivity index (χ0v) is 10.9. The number of likely N-dealkylation sites (N-methyl/N-ethyl adjacent to an activating group) is 2. The maximum Gasteiger partial charge on any atom is 0.158 e. The van der Waals surface area contributed by atoms with Crippen molar-refractivity contribution in [2.45, 2.75) is 19.9 Å². The maximum atomic E-state index is 8.68. The Labute approximate surface area is 103 Å². The van der Waals surface area contributed by atoms with Gasteiger partial charge in [0.25, 0.3) is 0 Å². The summed E-state index contributed by atoms with van der Waals surface area (Å²) in [6, 6.07) is 2.33. The molecule has 1 aromatic rings. The molecule has 0 fully saturated rings. The quantitative estimate of drug-likeness (QED) is 0.763. The summed E-state index contributed by atoms with van der Waals surface area (Å²) in [6.45, 7) is 6.07. The fourth-order valence-corrected chi connectivity index (χ4v) is 1.85. The molecule has 1 atom stereocenters. The minimum atomic E-state index is 0.352. The van der Waals surface area contributed by atoms with E-state index < -0.39 is 0 Å². The highest BCUT2D eigenvalue weighted by molar-refractivity contribution is 5.38. The normalized spacial score (nSPS) is 12.2. The van der Waals surface area contributed by atoms with Gasteiger partial charge in [0.05, 0.1) is 12.4 Å². The Balaban J connectivity index is 2.82. The van der Waals surface area contributed by atoms with Crippen LogP contribution in [-0.2, 0) is 0 Å². The third-order valence-corrected chi connectivity index (χ3v) is 2.55. The van der Waals surface area contributed by atoms with E-state index in [0.717, 1.165) is 18.9 Å². The second-order valence-corrected chi connectivity index (χ2v) is 4.27. The molecule has 17 heavy (non-hydrogen) atoms. The van der Waals surface area contributed by atoms with E-state index in [2.05, 4.69) is 47.7 Å². The molecule has 0 saturated heterocycles. The molecule has 0 aliphatic carbocycles. The molecule has 0 bridgehead atoms. The molecule has 5 heteroatoms. The summed E-state index contributed by atoms with van der Waals surface area (Å²) in [6.07, 6.45) is 3.18. The van der Waals surface area contributed by atoms with Gasteiger partial charge in [-0.2, -0.15) is 5.26 Å². The Morgan fingerprint density at radius 1 is 1.35 bits per heavy atom. The van der Waals surface area contributed by atoms with Crippen LogP contribution in [0.5, 0.6) is 0 Å². The van der Waals surface area contributed by atoms with Gasteiger partial charge in [0.15, 0.2) is 5.69 Å². The molecule has 0 saturated carbocycles. The Kier molecular flexibility index (Phi) is 4.85. The lowest BCUT2D eigenvalue weighted by molar-refractivity contribution is 0.372. The summed E-state index contributed by atoms with van der Waals surface area (Å²) >= 11 is 0. The van der Waals surface area contributed by atoms with Crippen LogP contribution in [0.1, 0.15) is 19.5 Å². The van der Waals surface area contributed by atoms with Crippen LogP contribution < -0.4 is 4.90 Å². The van der Waals surface area contributed by atoms with Crippen LogP contribution in [0.2, 0.25) is 0 Å². The Bertz CT molecular complexity index is 379. The molecule has 0 radical (unpaired) electrons. The van der Waals surface area contributed by atoms with Gasteiger partial charge in [-0.1, -0.05) is 0 Å². The molecule has 0 aliphatic rings. The Hall–Kier alpha value is -1.67. The summed E-state index contributed by atoms with van der Waals surface area (Å²) in [5, 5.41) is 8.68. The molecule has 0 aromatic carbocycles. The third-order valence-electron chi connectivity index (χ3n) is 2.55. The minimum Gasteiger partial charge on any atom is -0.352 e. The number of nitrogens with zero attached hydrogens (tertiary/aromatic N) is 5. The van der Waals surface area contributed by atoms with Crippen LogP contribution in [0.4, 0.5) is 5.82 Å². The summed E-state index contributed by atoms with van der Waals surface area (Å²) < 4.78 is 0. The zero-order valence-electron chi connectivity index (χ0n) is 10.9. The highest BCUT2D eigenvalue weighted by Gasteiger charge is 2.14. The maximum absolute atomic E-state index is 8.68. The monoisotopic (exact) mass is 233 g/mol. The number of aromatic nitrogens is 2. The molecule has 1 aromatic heterocycles. The van der Waals surface area contributed by atoms with Crippen molar-refractivity contribution in [2.75, 3.05) is 32.1 Å². The predicted molar refractivity (Wildman–Crippen MR) is 67.8 cm³/mol. The van der Waals surface area contributed by atoms with Gasteiger partial charge in [0, 0.05) is 19.1 Å². The molecule has 1 heterocycles. The van der Waals surface area contributed by atoms with Crippen LogP contribution in [-0.4, -0.2) is 48.1 Å². The topological polar surface area (TPSA) is 56.1 Å². The predicted octanol–water partition coefficient (Wildman–Crippen LogP) is 1.12. The van der Waals surface area contributed by atoms with Gasteiger partial charge in [0.2, 0.25) is 0 Å². The number of hydrogen-bond donors (Lipinski definition) is 0. The van der Waals surface area contributed by atoms with Crippen molar-refractivity contribution >= 4 is 5.82 Å². The van der Waals surface area contributed by atoms with Crippen molar-refractivity contribution in [3.63, 3.8) is 0 Å². The van der Waals surface area contributed by atoms with E-state index in [4.69, 9.17) is 5.26 Å². The fraction of sp³-hybridized carbons (Fsp3) is 0.583. The van der Waals surface area contributed by atoms with Crippen LogP contribution >= 0.6 is 0 Å². The Morgan fingerprint density at radius 3 is 2.47 bits per heavy atom. The molecule has 0 aliphatic heterocycles. The second kappa shape index (κ2) is 6.16. The third kappa shape index (κ3) is 3.68. The van der Waals surface area contributed by atoms with E-state index in [1.165, 1.54) is 6.20 Å². The van der Waals surface area contributed by atoms with Crippen molar-refractivity contribution in [2.24, 2.45) is 0 Å². The van der Waals surface area contributed by atoms with E-state index in [0.29, 0.717) is 11.7 Å². The van der Waals surface area contributed by atoms with Crippen LogP contribution in [0.3, 0.4) is 0 Å². The summed E-state index contributed by atoms with van der Waals surface area (Å²) in [5.74, 6) is 0.820. The summed E-state index contributed by atoms with van der Waals surface area (Å²) in [5.41, 5.74) is 0.352. The van der Waals surface area contributed by atoms with Crippen LogP contribution in [0, 0.1) is 11.3 Å². The van der Waals surface area contributed by atoms with E-state index in [1.807, 2.05) is 6.07 Å². The van der Waals surface area contributed by atoms with E-state index >= 15 is 0 Å². The first-order chi connectivity index (χ1) is 8.08. The molecular weight excluding hydrogens is 214 g/mol. The fourth-order valence-electron chi connectivity index (χ4n) is 1.85. The first kappa shape index (κ1) is 13.4. The number of rotatable bonds is 5. The molecule has 1 rings (SSSR count). The second-order valence-electron chi connectivity index (χ2n) is 4.27. The van der Waals surface area contributed by atoms with Crippen LogP contribution in [0.15, 0.2) is 12.4 Å². The van der Waals surface area contributed by atoms with Gasteiger partial charge in [-0.15, -0.1) is 0 Å². The SMILES string of the molecule is CCN(c1cnc(C#N)cn1)C(C)CN(C)C. The summed E-state index contributed by atoms with van der Waals surface area (Å²) in [7, 11) is 4.10. The van der Waals surface area contributed by atoms with E-state index in [-0.39, 0.29) is 0 Å². The van der Waals surface area contributed by atoms with Gasteiger partial charge in [0.1, 0.15) is 11.9 Å². The first-order valence-electron chi connectivity index (χ1n) is 5.72. The average molecular weight is 233 g/mol. The summed E-state index contributed by atoms with van der Waals surface area (Å²) in [4.78, 5) is 12.6. The molecule has 92 valence electrons. The van der Waals surface area contributed by atoms with Gasteiger partial charge in [-0.25, -0.2) is 9.97 Å². The highest BCUT2D eigenvalue weighted by Crippen LogP contribution is 2.12. The number of anilines is 1. The zero-order chi connectivity index (χ0) is 12.8. The van der Waals surface area contributed by atoms with E-state index in [9.17, 15) is 0 Å². The van der Waals surface area contributed by atoms with Gasteiger partial charge >= 0.3 is 0 Å². The van der Waals surface area contributed by atoms with E-state index in [1.54, 1.807) is 6.20 Å². The lowest BCUT2D eigenvalue weighted by Gasteiger charge is -2.30. The standard InChI is InChI=1S/C12H19N5/c1-5-17(10(2)9-16(3)4)12-8-14-11(6-13)7-15-12/h7-8,10H,5,9H2,1-4H3. The van der Waals surface area contributed by atoms with Gasteiger partial charge in [-0.3, -0.25) is 0 Å². The molecule has 5 nitrogen and oxygen atoms in total. The average Bonchev–Trinajstić information content (AvgIpc) is 2.30. The Morgan fingerprint density at radius 2 is 2.06 bits per heavy atom. The van der Waals surface area contributed by atoms with Crippen molar-refractivity contribution < 1.29 is 0 Å². The highest BCUT2D eigenvalue weighted by atomic mass is 15.2. The molecule has 1 unspecified atom stereocenters. The first-order valence-corrected chi connectivity index (χ1v) is 5.72. The van der Waals surface area contributed by atoms with Crippen molar-refractivity contribution in [3.05, 3.63) is 18.1 Å². The van der Waals surface area contributed by atoms with Gasteiger partial charge in [-0.05, 0) is 27.9 Å². The number of nitriles is 1. The van der Waals surface area contributed by atoms with Gasteiger partial charge < -0.3 is 9.80 Å². The molecule has 0 spiro atoms. The molecule has 0 N–H and O–H groups in total. The smallest absolute Gasteiger partial charge is 0.158 e. The molecule has 0 amide bonds. The lowest BCUT2D eigenvalue weighted by Crippen LogP contribution is -2.40.